The Bertz CT molecular complexity index is 706. The van der Waals surface area contributed by atoms with Crippen molar-refractivity contribution in [1.82, 2.24) is 14.9 Å². The average Bonchev–Trinajstić information content (AvgIpc) is 3.18. The highest BCUT2D eigenvalue weighted by Gasteiger charge is 2.44. The molecule has 0 radical (unpaired) electrons. The fraction of sp³-hybridized carbons (Fsp3) is 0.444. The van der Waals surface area contributed by atoms with Gasteiger partial charge < -0.3 is 9.88 Å². The Balaban J connectivity index is 1.36. The smallest absolute Gasteiger partial charge is 0.224 e. The van der Waals surface area contributed by atoms with Gasteiger partial charge in [0, 0.05) is 37.3 Å². The van der Waals surface area contributed by atoms with Gasteiger partial charge in [0.05, 0.1) is 0 Å². The number of nitrogens with one attached hydrogen (secondary N) is 1. The van der Waals surface area contributed by atoms with E-state index >= 15 is 0 Å². The van der Waals surface area contributed by atoms with E-state index in [0.29, 0.717) is 5.92 Å². The van der Waals surface area contributed by atoms with Crippen LogP contribution in [0.1, 0.15) is 35.7 Å². The molecular weight excluding hydrogens is 274 g/mol. The summed E-state index contributed by atoms with van der Waals surface area (Å²) in [5, 5.41) is 3.24. The molecular formula is C18H21N3O. The first-order chi connectivity index (χ1) is 10.7. The summed E-state index contributed by atoms with van der Waals surface area (Å²) >= 11 is 0. The lowest BCUT2D eigenvalue weighted by molar-refractivity contribution is -0.123. The first-order valence-corrected chi connectivity index (χ1v) is 8.07. The van der Waals surface area contributed by atoms with Crippen LogP contribution in [-0.2, 0) is 17.8 Å². The van der Waals surface area contributed by atoms with Gasteiger partial charge in [0.25, 0.3) is 0 Å². The molecule has 0 bridgehead atoms. The maximum atomic E-state index is 12.5. The maximum absolute atomic E-state index is 12.5. The second-order valence-corrected chi connectivity index (χ2v) is 6.60. The second-order valence-electron chi connectivity index (χ2n) is 6.60. The van der Waals surface area contributed by atoms with E-state index in [9.17, 15) is 4.79 Å². The minimum absolute atomic E-state index is 0.158. The maximum Gasteiger partial charge on any atom is 0.224 e. The second kappa shape index (κ2) is 5.27. The van der Waals surface area contributed by atoms with E-state index < -0.39 is 0 Å². The molecule has 4 rings (SSSR count). The van der Waals surface area contributed by atoms with Gasteiger partial charge in [0.15, 0.2) is 0 Å². The Labute approximate surface area is 130 Å². The molecule has 1 N–H and O–H groups in total. The van der Waals surface area contributed by atoms with Gasteiger partial charge in [-0.25, -0.2) is 4.98 Å². The monoisotopic (exact) mass is 295 g/mol. The standard InChI is InChI=1S/C18H21N3O/c1-12-3-2-4-13(9-12)15-10-16(15)18(22)20-14-5-6-17-19-7-8-21(17)11-14/h2-4,7-9,14-16H,5-6,10-11H2,1H3,(H,20,22)/t14-,15+,16+/m1/s1. The first kappa shape index (κ1) is 13.6. The van der Waals surface area contributed by atoms with E-state index in [2.05, 4.69) is 46.1 Å². The number of hydrogen-bond donors (Lipinski definition) is 1. The van der Waals surface area contributed by atoms with Crippen molar-refractivity contribution in [2.24, 2.45) is 5.92 Å². The van der Waals surface area contributed by atoms with Crippen LogP contribution in [0.5, 0.6) is 0 Å². The molecule has 2 aliphatic rings. The molecule has 1 aliphatic heterocycles. The number of nitrogens with zero attached hydrogens (tertiary/aromatic N) is 2. The van der Waals surface area contributed by atoms with Gasteiger partial charge in [-0.05, 0) is 31.2 Å². The van der Waals surface area contributed by atoms with Gasteiger partial charge in [-0.1, -0.05) is 29.8 Å². The van der Waals surface area contributed by atoms with Crippen LogP contribution in [0.3, 0.4) is 0 Å². The molecule has 1 aromatic carbocycles. The number of fused-ring (bicyclic) bond motifs is 1. The number of hydrogen-bond acceptors (Lipinski definition) is 2. The summed E-state index contributed by atoms with van der Waals surface area (Å²) in [6, 6.07) is 8.78. The van der Waals surface area contributed by atoms with Crippen molar-refractivity contribution < 1.29 is 4.79 Å². The van der Waals surface area contributed by atoms with Crippen molar-refractivity contribution in [3.05, 3.63) is 53.6 Å². The van der Waals surface area contributed by atoms with Gasteiger partial charge in [-0.3, -0.25) is 4.79 Å². The Morgan fingerprint density at radius 3 is 3.18 bits per heavy atom. The average molecular weight is 295 g/mol. The molecule has 1 fully saturated rings. The van der Waals surface area contributed by atoms with Gasteiger partial charge >= 0.3 is 0 Å². The fourth-order valence-corrected chi connectivity index (χ4v) is 3.55. The number of carbonyl (C=O) groups excluding carboxylic acids is 1. The summed E-state index contributed by atoms with van der Waals surface area (Å²) in [6.07, 6.45) is 6.77. The van der Waals surface area contributed by atoms with Gasteiger partial charge in [0.2, 0.25) is 5.91 Å². The Hall–Kier alpha value is -2.10. The van der Waals surface area contributed by atoms with E-state index in [1.807, 2.05) is 12.4 Å². The lowest BCUT2D eigenvalue weighted by Crippen LogP contribution is -2.41. The SMILES string of the molecule is Cc1cccc([C@@H]2C[C@@H]2C(=O)N[C@@H]2CCc3nccn3C2)c1. The van der Waals surface area contributed by atoms with Gasteiger partial charge in [-0.2, -0.15) is 0 Å². The van der Waals surface area contributed by atoms with Crippen LogP contribution in [0.4, 0.5) is 0 Å². The van der Waals surface area contributed by atoms with Crippen LogP contribution in [-0.4, -0.2) is 21.5 Å². The van der Waals surface area contributed by atoms with Crippen LogP contribution in [0.25, 0.3) is 0 Å². The quantitative estimate of drug-likeness (QED) is 0.945. The van der Waals surface area contributed by atoms with Crippen LogP contribution >= 0.6 is 0 Å². The normalized spacial score (nSPS) is 26.3. The molecule has 4 nitrogen and oxygen atoms in total. The molecule has 1 aliphatic carbocycles. The van der Waals surface area contributed by atoms with Crippen LogP contribution in [0.15, 0.2) is 36.7 Å². The van der Waals surface area contributed by atoms with Gasteiger partial charge in [0.1, 0.15) is 5.82 Å². The highest BCUT2D eigenvalue weighted by Crippen LogP contribution is 2.47. The van der Waals surface area contributed by atoms with Gasteiger partial charge in [-0.15, -0.1) is 0 Å². The molecule has 0 saturated heterocycles. The van der Waals surface area contributed by atoms with Crippen molar-refractivity contribution in [3.8, 4) is 0 Å². The van der Waals surface area contributed by atoms with E-state index in [1.165, 1.54) is 11.1 Å². The number of aryl methyl sites for hydroxylation is 2. The highest BCUT2D eigenvalue weighted by molar-refractivity contribution is 5.83. The lowest BCUT2D eigenvalue weighted by atomic mass is 10.0. The van der Waals surface area contributed by atoms with Crippen LogP contribution in [0.2, 0.25) is 0 Å². The molecule has 0 unspecified atom stereocenters. The Morgan fingerprint density at radius 2 is 2.32 bits per heavy atom. The number of rotatable bonds is 3. The fourth-order valence-electron chi connectivity index (χ4n) is 3.55. The number of aromatic nitrogens is 2. The third-order valence-electron chi connectivity index (χ3n) is 4.88. The minimum Gasteiger partial charge on any atom is -0.351 e. The third kappa shape index (κ3) is 2.54. The van der Waals surface area contributed by atoms with Crippen molar-refractivity contribution >= 4 is 5.91 Å². The zero-order valence-corrected chi connectivity index (χ0v) is 12.8. The molecule has 1 aromatic heterocycles. The van der Waals surface area contributed by atoms with Crippen LogP contribution < -0.4 is 5.32 Å². The number of carbonyl (C=O) groups is 1. The zero-order valence-electron chi connectivity index (χ0n) is 12.8. The Morgan fingerprint density at radius 1 is 1.41 bits per heavy atom. The molecule has 1 saturated carbocycles. The van der Waals surface area contributed by atoms with Crippen molar-refractivity contribution in [3.63, 3.8) is 0 Å². The topological polar surface area (TPSA) is 46.9 Å². The highest BCUT2D eigenvalue weighted by atomic mass is 16.2. The number of imidazole rings is 1. The summed E-state index contributed by atoms with van der Waals surface area (Å²) in [4.78, 5) is 16.8. The van der Waals surface area contributed by atoms with E-state index in [0.717, 1.165) is 31.6 Å². The molecule has 22 heavy (non-hydrogen) atoms. The lowest BCUT2D eigenvalue weighted by Gasteiger charge is -2.24. The molecule has 2 aromatic rings. The van der Waals surface area contributed by atoms with Crippen molar-refractivity contribution in [2.75, 3.05) is 0 Å². The number of amides is 1. The Kier molecular flexibility index (Phi) is 3.25. The molecule has 4 heteroatoms. The third-order valence-corrected chi connectivity index (χ3v) is 4.88. The predicted molar refractivity (Wildman–Crippen MR) is 84.5 cm³/mol. The first-order valence-electron chi connectivity index (χ1n) is 8.07. The summed E-state index contributed by atoms with van der Waals surface area (Å²) in [7, 11) is 0. The molecule has 114 valence electrons. The summed E-state index contributed by atoms with van der Waals surface area (Å²) in [6.45, 7) is 2.95. The zero-order chi connectivity index (χ0) is 15.1. The molecule has 0 spiro atoms. The minimum atomic E-state index is 0.158. The van der Waals surface area contributed by atoms with Crippen molar-refractivity contribution in [1.29, 1.82) is 0 Å². The van der Waals surface area contributed by atoms with E-state index in [4.69, 9.17) is 0 Å². The molecule has 2 heterocycles. The number of benzene rings is 1. The van der Waals surface area contributed by atoms with Crippen LogP contribution in [0, 0.1) is 12.8 Å². The van der Waals surface area contributed by atoms with E-state index in [-0.39, 0.29) is 17.9 Å². The summed E-state index contributed by atoms with van der Waals surface area (Å²) in [5.41, 5.74) is 2.57. The molecule has 3 atom stereocenters. The summed E-state index contributed by atoms with van der Waals surface area (Å²) < 4.78 is 2.15. The molecule has 1 amide bonds. The van der Waals surface area contributed by atoms with E-state index in [1.54, 1.807) is 0 Å². The largest absolute Gasteiger partial charge is 0.351 e. The summed E-state index contributed by atoms with van der Waals surface area (Å²) in [5.74, 6) is 1.92. The predicted octanol–water partition coefficient (Wildman–Crippen LogP) is 2.43. The van der Waals surface area contributed by atoms with Crippen molar-refractivity contribution in [2.45, 2.75) is 44.7 Å².